The summed E-state index contributed by atoms with van der Waals surface area (Å²) in [4.78, 5) is 17.7. The Kier molecular flexibility index (Phi) is 4.28. The summed E-state index contributed by atoms with van der Waals surface area (Å²) >= 11 is 0. The van der Waals surface area contributed by atoms with E-state index in [1.54, 1.807) is 0 Å². The quantitative estimate of drug-likeness (QED) is 0.862. The Labute approximate surface area is 129 Å². The molecule has 1 spiro atoms. The van der Waals surface area contributed by atoms with Crippen LogP contribution in [0.15, 0.2) is 0 Å². The third kappa shape index (κ3) is 2.72. The van der Waals surface area contributed by atoms with Gasteiger partial charge in [-0.2, -0.15) is 0 Å². The van der Waals surface area contributed by atoms with Gasteiger partial charge in [-0.05, 0) is 44.2 Å². The van der Waals surface area contributed by atoms with E-state index in [2.05, 4.69) is 35.9 Å². The Bertz CT molecular complexity index is 389. The van der Waals surface area contributed by atoms with Gasteiger partial charge in [0.25, 0.3) is 0 Å². The van der Waals surface area contributed by atoms with Crippen molar-refractivity contribution in [2.24, 2.45) is 11.8 Å². The molecule has 3 rings (SSSR count). The van der Waals surface area contributed by atoms with Crippen molar-refractivity contribution in [2.75, 3.05) is 26.2 Å². The molecule has 1 N–H and O–H groups in total. The maximum Gasteiger partial charge on any atom is 0.244 e. The smallest absolute Gasteiger partial charge is 0.244 e. The molecule has 2 aliphatic heterocycles. The van der Waals surface area contributed by atoms with Crippen LogP contribution in [-0.4, -0.2) is 53.6 Å². The van der Waals surface area contributed by atoms with E-state index in [4.69, 9.17) is 0 Å². The molecule has 0 aromatic carbocycles. The third-order valence-electron chi connectivity index (χ3n) is 5.79. The molecule has 21 heavy (non-hydrogen) atoms. The largest absolute Gasteiger partial charge is 0.325 e. The average molecular weight is 293 g/mol. The van der Waals surface area contributed by atoms with E-state index in [-0.39, 0.29) is 11.7 Å². The summed E-state index contributed by atoms with van der Waals surface area (Å²) in [7, 11) is 0. The third-order valence-corrected chi connectivity index (χ3v) is 5.79. The normalized spacial score (nSPS) is 33.0. The summed E-state index contributed by atoms with van der Waals surface area (Å²) in [6.45, 7) is 11.2. The van der Waals surface area contributed by atoms with Gasteiger partial charge in [-0.25, -0.2) is 0 Å². The van der Waals surface area contributed by atoms with Crippen LogP contribution in [0.5, 0.6) is 0 Å². The van der Waals surface area contributed by atoms with Crippen LogP contribution in [0, 0.1) is 11.8 Å². The minimum absolute atomic E-state index is 0.210. The topological polar surface area (TPSA) is 35.6 Å². The Balaban J connectivity index is 1.71. The van der Waals surface area contributed by atoms with E-state index >= 15 is 0 Å². The Morgan fingerprint density at radius 3 is 2.62 bits per heavy atom. The summed E-state index contributed by atoms with van der Waals surface area (Å²) < 4.78 is 0. The van der Waals surface area contributed by atoms with Crippen molar-refractivity contribution < 1.29 is 4.79 Å². The molecule has 2 atom stereocenters. The van der Waals surface area contributed by atoms with Crippen LogP contribution in [-0.2, 0) is 4.79 Å². The monoisotopic (exact) mass is 293 g/mol. The zero-order valence-corrected chi connectivity index (χ0v) is 13.9. The lowest BCUT2D eigenvalue weighted by atomic mass is 9.97. The molecular weight excluding hydrogens is 262 g/mol. The first-order valence-corrected chi connectivity index (χ1v) is 8.87. The number of carbonyl (C=O) groups is 1. The van der Waals surface area contributed by atoms with E-state index in [9.17, 15) is 4.79 Å². The molecule has 3 aliphatic rings. The van der Waals surface area contributed by atoms with Gasteiger partial charge in [0.05, 0.1) is 11.7 Å². The molecular formula is C17H31N3O. The van der Waals surface area contributed by atoms with Gasteiger partial charge in [0, 0.05) is 13.1 Å². The predicted octanol–water partition coefficient (Wildman–Crippen LogP) is 2.05. The van der Waals surface area contributed by atoms with Crippen molar-refractivity contribution in [3.05, 3.63) is 0 Å². The van der Waals surface area contributed by atoms with Gasteiger partial charge in [0.15, 0.2) is 0 Å². The van der Waals surface area contributed by atoms with Crippen molar-refractivity contribution >= 4 is 5.91 Å². The molecule has 2 heterocycles. The number of rotatable bonds is 4. The molecule has 4 nitrogen and oxygen atoms in total. The standard InChI is InChI=1S/C17H31N3O/c1-4-19-10-7-14(11-19)12-20-15(13(2)3)18-17(16(20)21)8-5-6-9-17/h13-15,18H,4-12H2,1-3H3. The summed E-state index contributed by atoms with van der Waals surface area (Å²) in [5.74, 6) is 1.54. The summed E-state index contributed by atoms with van der Waals surface area (Å²) in [6.07, 6.45) is 5.96. The first-order chi connectivity index (χ1) is 10.1. The first kappa shape index (κ1) is 15.3. The van der Waals surface area contributed by atoms with Crippen molar-refractivity contribution in [2.45, 2.75) is 64.6 Å². The fourth-order valence-corrected chi connectivity index (χ4v) is 4.51. The lowest BCUT2D eigenvalue weighted by Crippen LogP contribution is -2.45. The van der Waals surface area contributed by atoms with E-state index in [0.29, 0.717) is 17.7 Å². The lowest BCUT2D eigenvalue weighted by Gasteiger charge is -2.29. The molecule has 3 fully saturated rings. The number of amides is 1. The molecule has 120 valence electrons. The van der Waals surface area contributed by atoms with Crippen LogP contribution in [0.3, 0.4) is 0 Å². The lowest BCUT2D eigenvalue weighted by molar-refractivity contribution is -0.134. The highest BCUT2D eigenvalue weighted by Gasteiger charge is 2.53. The second kappa shape index (κ2) is 5.88. The van der Waals surface area contributed by atoms with Crippen molar-refractivity contribution in [1.29, 1.82) is 0 Å². The predicted molar refractivity (Wildman–Crippen MR) is 84.9 cm³/mol. The highest BCUT2D eigenvalue weighted by molar-refractivity contribution is 5.89. The zero-order valence-electron chi connectivity index (χ0n) is 13.9. The second-order valence-corrected chi connectivity index (χ2v) is 7.63. The minimum atomic E-state index is -0.210. The van der Waals surface area contributed by atoms with Gasteiger partial charge in [0.2, 0.25) is 5.91 Å². The minimum Gasteiger partial charge on any atom is -0.325 e. The number of nitrogens with one attached hydrogen (secondary N) is 1. The van der Waals surface area contributed by atoms with E-state index < -0.39 is 0 Å². The highest BCUT2D eigenvalue weighted by atomic mass is 16.2. The Morgan fingerprint density at radius 1 is 1.33 bits per heavy atom. The number of hydrogen-bond donors (Lipinski definition) is 1. The van der Waals surface area contributed by atoms with Crippen LogP contribution < -0.4 is 5.32 Å². The molecule has 2 saturated heterocycles. The molecule has 1 aliphatic carbocycles. The van der Waals surface area contributed by atoms with Crippen LogP contribution in [0.4, 0.5) is 0 Å². The van der Waals surface area contributed by atoms with Gasteiger partial charge in [-0.15, -0.1) is 0 Å². The SMILES string of the molecule is CCN1CCC(CN2C(=O)C3(CCCC3)NC2C(C)C)C1. The summed E-state index contributed by atoms with van der Waals surface area (Å²) in [5, 5.41) is 3.73. The molecule has 1 amide bonds. The second-order valence-electron chi connectivity index (χ2n) is 7.63. The molecule has 0 bridgehead atoms. The van der Waals surface area contributed by atoms with Crippen molar-refractivity contribution in [1.82, 2.24) is 15.1 Å². The maximum absolute atomic E-state index is 13.0. The molecule has 0 aromatic rings. The summed E-state index contributed by atoms with van der Waals surface area (Å²) in [5.41, 5.74) is -0.210. The Morgan fingerprint density at radius 2 is 2.05 bits per heavy atom. The first-order valence-electron chi connectivity index (χ1n) is 8.87. The molecule has 1 saturated carbocycles. The van der Waals surface area contributed by atoms with E-state index in [0.717, 1.165) is 32.5 Å². The molecule has 4 heteroatoms. The highest BCUT2D eigenvalue weighted by Crippen LogP contribution is 2.38. The number of hydrogen-bond acceptors (Lipinski definition) is 3. The Hall–Kier alpha value is -0.610. The molecule has 0 radical (unpaired) electrons. The van der Waals surface area contributed by atoms with E-state index in [1.165, 1.54) is 25.8 Å². The van der Waals surface area contributed by atoms with Gasteiger partial charge in [-0.3, -0.25) is 10.1 Å². The van der Waals surface area contributed by atoms with Crippen LogP contribution in [0.2, 0.25) is 0 Å². The van der Waals surface area contributed by atoms with Gasteiger partial charge in [-0.1, -0.05) is 33.6 Å². The molecule has 0 aromatic heterocycles. The summed E-state index contributed by atoms with van der Waals surface area (Å²) in [6, 6.07) is 0. The van der Waals surface area contributed by atoms with Crippen molar-refractivity contribution in [3.63, 3.8) is 0 Å². The fourth-order valence-electron chi connectivity index (χ4n) is 4.51. The van der Waals surface area contributed by atoms with Gasteiger partial charge >= 0.3 is 0 Å². The number of carbonyl (C=O) groups excluding carboxylic acids is 1. The maximum atomic E-state index is 13.0. The van der Waals surface area contributed by atoms with Crippen LogP contribution in [0.25, 0.3) is 0 Å². The van der Waals surface area contributed by atoms with Crippen LogP contribution in [0.1, 0.15) is 52.9 Å². The molecule has 2 unspecified atom stereocenters. The average Bonchev–Trinajstić information content (AvgIpc) is 3.16. The fraction of sp³-hybridized carbons (Fsp3) is 0.941. The van der Waals surface area contributed by atoms with Crippen molar-refractivity contribution in [3.8, 4) is 0 Å². The zero-order chi connectivity index (χ0) is 15.0. The van der Waals surface area contributed by atoms with Gasteiger partial charge < -0.3 is 9.80 Å². The van der Waals surface area contributed by atoms with Gasteiger partial charge in [0.1, 0.15) is 0 Å². The number of nitrogens with zero attached hydrogens (tertiary/aromatic N) is 2. The number of likely N-dealkylation sites (tertiary alicyclic amines) is 1. The van der Waals surface area contributed by atoms with E-state index in [1.807, 2.05) is 0 Å². The van der Waals surface area contributed by atoms with Crippen LogP contribution >= 0.6 is 0 Å².